The van der Waals surface area contributed by atoms with Gasteiger partial charge in [0.1, 0.15) is 22.6 Å². The first-order valence-electron chi connectivity index (χ1n) is 7.76. The number of hydrogen-bond donors (Lipinski definition) is 0. The van der Waals surface area contributed by atoms with E-state index >= 15 is 0 Å². The highest BCUT2D eigenvalue weighted by molar-refractivity contribution is 7.11. The number of halogens is 1. The van der Waals surface area contributed by atoms with Gasteiger partial charge in [0.15, 0.2) is 0 Å². The molecular weight excluding hydrogens is 335 g/mol. The summed E-state index contributed by atoms with van der Waals surface area (Å²) >= 11 is 1.38. The van der Waals surface area contributed by atoms with Crippen LogP contribution < -0.4 is 4.74 Å². The summed E-state index contributed by atoms with van der Waals surface area (Å²) in [4.78, 5) is 4.52. The topological polar surface area (TPSA) is 45.9 Å². The number of ether oxygens (including phenoxy) is 1. The Bertz CT molecular complexity index is 939. The van der Waals surface area contributed by atoms with Crippen LogP contribution in [0.5, 0.6) is 5.75 Å². The largest absolute Gasteiger partial charge is 0.493 e. The first-order valence-corrected chi connectivity index (χ1v) is 8.64. The van der Waals surface area contributed by atoms with Gasteiger partial charge in [0, 0.05) is 16.5 Å². The molecule has 25 heavy (non-hydrogen) atoms. The molecule has 5 heteroatoms. The molecule has 3 rings (SSSR count). The highest BCUT2D eigenvalue weighted by Gasteiger charge is 2.10. The lowest BCUT2D eigenvalue weighted by atomic mass is 10.1. The van der Waals surface area contributed by atoms with Gasteiger partial charge in [-0.15, -0.1) is 11.3 Å². The van der Waals surface area contributed by atoms with Crippen molar-refractivity contribution in [2.75, 3.05) is 6.61 Å². The van der Waals surface area contributed by atoms with Crippen LogP contribution in [0.25, 0.3) is 22.9 Å². The van der Waals surface area contributed by atoms with Crippen molar-refractivity contribution in [1.29, 1.82) is 5.26 Å². The summed E-state index contributed by atoms with van der Waals surface area (Å²) in [7, 11) is 0. The summed E-state index contributed by atoms with van der Waals surface area (Å²) in [6.07, 6.45) is 1.78. The summed E-state index contributed by atoms with van der Waals surface area (Å²) in [5.41, 5.74) is 2.83. The number of nitrogens with zero attached hydrogens (tertiary/aromatic N) is 2. The summed E-state index contributed by atoms with van der Waals surface area (Å²) in [5, 5.41) is 12.0. The molecule has 3 nitrogen and oxygen atoms in total. The zero-order valence-electron chi connectivity index (χ0n) is 13.6. The van der Waals surface area contributed by atoms with Crippen LogP contribution in [0.3, 0.4) is 0 Å². The van der Waals surface area contributed by atoms with Crippen LogP contribution >= 0.6 is 11.3 Å². The molecule has 0 aliphatic carbocycles. The Labute approximate surface area is 149 Å². The van der Waals surface area contributed by atoms with Crippen molar-refractivity contribution in [2.45, 2.75) is 6.92 Å². The fourth-order valence-corrected chi connectivity index (χ4v) is 3.13. The fourth-order valence-electron chi connectivity index (χ4n) is 2.33. The molecule has 0 fully saturated rings. The van der Waals surface area contributed by atoms with E-state index in [-0.39, 0.29) is 5.82 Å². The van der Waals surface area contributed by atoms with E-state index in [0.29, 0.717) is 17.2 Å². The smallest absolute Gasteiger partial charge is 0.134 e. The lowest BCUT2D eigenvalue weighted by Crippen LogP contribution is -1.93. The molecule has 0 aliphatic heterocycles. The first kappa shape index (κ1) is 16.9. The average molecular weight is 350 g/mol. The van der Waals surface area contributed by atoms with Crippen LogP contribution in [-0.2, 0) is 0 Å². The molecule has 0 bridgehead atoms. The zero-order valence-corrected chi connectivity index (χ0v) is 14.4. The van der Waals surface area contributed by atoms with Crippen molar-refractivity contribution < 1.29 is 9.13 Å². The molecule has 0 atom stereocenters. The number of para-hydroxylation sites is 1. The maximum atomic E-state index is 13.1. The molecule has 0 amide bonds. The summed E-state index contributed by atoms with van der Waals surface area (Å²) < 4.78 is 18.6. The van der Waals surface area contributed by atoms with Crippen LogP contribution in [0.15, 0.2) is 53.9 Å². The van der Waals surface area contributed by atoms with Crippen LogP contribution in [0.2, 0.25) is 0 Å². The van der Waals surface area contributed by atoms with Gasteiger partial charge in [-0.1, -0.05) is 18.2 Å². The van der Waals surface area contributed by atoms with E-state index in [1.165, 1.54) is 23.5 Å². The molecule has 0 unspecified atom stereocenters. The fraction of sp³-hybridized carbons (Fsp3) is 0.100. The van der Waals surface area contributed by atoms with E-state index in [1.807, 2.05) is 36.6 Å². The number of aromatic nitrogens is 1. The van der Waals surface area contributed by atoms with Gasteiger partial charge in [-0.25, -0.2) is 9.37 Å². The third-order valence-corrected chi connectivity index (χ3v) is 4.39. The van der Waals surface area contributed by atoms with Crippen molar-refractivity contribution in [3.8, 4) is 23.1 Å². The average Bonchev–Trinajstić information content (AvgIpc) is 3.11. The molecule has 124 valence electrons. The number of rotatable bonds is 5. The van der Waals surface area contributed by atoms with E-state index in [0.717, 1.165) is 22.6 Å². The van der Waals surface area contributed by atoms with Gasteiger partial charge in [-0.2, -0.15) is 5.26 Å². The number of nitriles is 1. The Hall–Kier alpha value is -2.97. The molecular formula is C20H15FN2OS. The molecule has 1 heterocycles. The molecule has 0 spiro atoms. The second kappa shape index (κ2) is 7.73. The normalized spacial score (nSPS) is 11.2. The van der Waals surface area contributed by atoms with Crippen LogP contribution in [0.1, 0.15) is 17.5 Å². The second-order valence-electron chi connectivity index (χ2n) is 5.19. The number of allylic oxidation sites excluding steroid dienone is 1. The molecule has 1 aromatic heterocycles. The van der Waals surface area contributed by atoms with Gasteiger partial charge < -0.3 is 4.74 Å². The summed E-state index contributed by atoms with van der Waals surface area (Å²) in [6.45, 7) is 2.47. The number of thiazole rings is 1. The first-order chi connectivity index (χ1) is 12.2. The molecule has 2 aromatic carbocycles. The second-order valence-corrected chi connectivity index (χ2v) is 6.04. The van der Waals surface area contributed by atoms with Gasteiger partial charge in [0.2, 0.25) is 0 Å². The van der Waals surface area contributed by atoms with Crippen LogP contribution in [-0.4, -0.2) is 11.6 Å². The van der Waals surface area contributed by atoms with Crippen LogP contribution in [0, 0.1) is 17.1 Å². The zero-order chi connectivity index (χ0) is 17.6. The van der Waals surface area contributed by atoms with Crippen molar-refractivity contribution in [2.24, 2.45) is 0 Å². The van der Waals surface area contributed by atoms with Gasteiger partial charge in [-0.3, -0.25) is 0 Å². The van der Waals surface area contributed by atoms with Gasteiger partial charge in [0.05, 0.1) is 17.9 Å². The number of hydrogen-bond acceptors (Lipinski definition) is 4. The monoisotopic (exact) mass is 350 g/mol. The highest BCUT2D eigenvalue weighted by atomic mass is 32.1. The Morgan fingerprint density at radius 1 is 1.24 bits per heavy atom. The lowest BCUT2D eigenvalue weighted by Gasteiger charge is -2.06. The molecule has 0 aliphatic rings. The van der Waals surface area contributed by atoms with Gasteiger partial charge in [-0.05, 0) is 43.3 Å². The summed E-state index contributed by atoms with van der Waals surface area (Å²) in [5.74, 6) is 0.442. The quantitative estimate of drug-likeness (QED) is 0.578. The molecule has 0 radical (unpaired) electrons. The minimum atomic E-state index is -0.288. The molecule has 3 aromatic rings. The maximum absolute atomic E-state index is 13.1. The summed E-state index contributed by atoms with van der Waals surface area (Å²) in [6, 6.07) is 15.9. The minimum Gasteiger partial charge on any atom is -0.493 e. The van der Waals surface area contributed by atoms with E-state index in [4.69, 9.17) is 4.74 Å². The van der Waals surface area contributed by atoms with Gasteiger partial charge in [0.25, 0.3) is 0 Å². The van der Waals surface area contributed by atoms with Gasteiger partial charge >= 0.3 is 0 Å². The Morgan fingerprint density at radius 3 is 2.72 bits per heavy atom. The maximum Gasteiger partial charge on any atom is 0.134 e. The van der Waals surface area contributed by atoms with Crippen molar-refractivity contribution in [3.63, 3.8) is 0 Å². The predicted octanol–water partition coefficient (Wildman–Crippen LogP) is 5.41. The Balaban J connectivity index is 1.95. The number of benzene rings is 2. The van der Waals surface area contributed by atoms with E-state index in [1.54, 1.807) is 18.2 Å². The molecule has 0 saturated carbocycles. The SMILES string of the molecule is CCOc1ccccc1/C=C(\C#N)c1nc(-c2ccc(F)cc2)cs1. The molecule has 0 saturated heterocycles. The Kier molecular flexibility index (Phi) is 5.22. The van der Waals surface area contributed by atoms with E-state index < -0.39 is 0 Å². The highest BCUT2D eigenvalue weighted by Crippen LogP contribution is 2.29. The van der Waals surface area contributed by atoms with Crippen molar-refractivity contribution in [3.05, 3.63) is 70.3 Å². The third-order valence-electron chi connectivity index (χ3n) is 3.51. The minimum absolute atomic E-state index is 0.288. The van der Waals surface area contributed by atoms with Crippen molar-refractivity contribution in [1.82, 2.24) is 4.98 Å². The predicted molar refractivity (Wildman–Crippen MR) is 98.6 cm³/mol. The Morgan fingerprint density at radius 2 is 2.00 bits per heavy atom. The van der Waals surface area contributed by atoms with E-state index in [2.05, 4.69) is 11.1 Å². The standard InChI is InChI=1S/C20H15FN2OS/c1-2-24-19-6-4-3-5-15(19)11-16(12-22)20-23-18(13-25-20)14-7-9-17(21)10-8-14/h3-11,13H,2H2,1H3/b16-11+. The van der Waals surface area contributed by atoms with Crippen LogP contribution in [0.4, 0.5) is 4.39 Å². The van der Waals surface area contributed by atoms with Crippen molar-refractivity contribution >= 4 is 23.0 Å². The molecule has 0 N–H and O–H groups in total. The van der Waals surface area contributed by atoms with E-state index in [9.17, 15) is 9.65 Å². The third kappa shape index (κ3) is 3.93. The lowest BCUT2D eigenvalue weighted by molar-refractivity contribution is 0.339.